The Morgan fingerprint density at radius 3 is 2.83 bits per heavy atom. The predicted octanol–water partition coefficient (Wildman–Crippen LogP) is 3.96. The standard InChI is InChI=1S/C27H28N6O2/c1-35-24-7-3-2-6-20(24)16-22-17-21(8-9-28-22)27(34)33-14-4-5-19(18-33)15-23-25(30-11-10-29-23)26-31-12-13-32-26/h2-3,6-13,17,19H,4-5,14-16,18H2,1H3,(H,31,32)/t19-/m0/s1. The highest BCUT2D eigenvalue weighted by molar-refractivity contribution is 5.94. The maximum absolute atomic E-state index is 13.4. The molecule has 1 saturated heterocycles. The van der Waals surface area contributed by atoms with E-state index in [4.69, 9.17) is 4.74 Å². The number of carbonyl (C=O) groups excluding carboxylic acids is 1. The second kappa shape index (κ2) is 10.5. The van der Waals surface area contributed by atoms with E-state index in [0.717, 1.165) is 60.0 Å². The first-order valence-electron chi connectivity index (χ1n) is 11.9. The van der Waals surface area contributed by atoms with Crippen molar-refractivity contribution in [3.63, 3.8) is 0 Å². The fourth-order valence-corrected chi connectivity index (χ4v) is 4.73. The summed E-state index contributed by atoms with van der Waals surface area (Å²) >= 11 is 0. The lowest BCUT2D eigenvalue weighted by Gasteiger charge is -2.33. The highest BCUT2D eigenvalue weighted by Crippen LogP contribution is 2.26. The molecule has 4 aromatic rings. The number of rotatable bonds is 7. The van der Waals surface area contributed by atoms with Gasteiger partial charge in [-0.05, 0) is 43.4 Å². The number of carbonyl (C=O) groups is 1. The van der Waals surface area contributed by atoms with Crippen molar-refractivity contribution in [3.8, 4) is 17.3 Å². The van der Waals surface area contributed by atoms with Gasteiger partial charge in [0.25, 0.3) is 5.91 Å². The molecule has 0 unspecified atom stereocenters. The third-order valence-electron chi connectivity index (χ3n) is 6.41. The zero-order valence-electron chi connectivity index (χ0n) is 19.7. The molecule has 1 amide bonds. The van der Waals surface area contributed by atoms with E-state index in [1.165, 1.54) is 0 Å². The third-order valence-corrected chi connectivity index (χ3v) is 6.41. The van der Waals surface area contributed by atoms with Gasteiger partial charge in [0.1, 0.15) is 11.4 Å². The van der Waals surface area contributed by atoms with E-state index < -0.39 is 0 Å². The van der Waals surface area contributed by atoms with E-state index in [2.05, 4.69) is 24.9 Å². The first-order valence-corrected chi connectivity index (χ1v) is 11.9. The molecule has 1 fully saturated rings. The van der Waals surface area contributed by atoms with Gasteiger partial charge in [0.2, 0.25) is 0 Å². The molecule has 5 rings (SSSR count). The lowest BCUT2D eigenvalue weighted by atomic mass is 9.92. The van der Waals surface area contributed by atoms with Crippen LogP contribution in [0, 0.1) is 5.92 Å². The van der Waals surface area contributed by atoms with Crippen LogP contribution in [-0.4, -0.2) is 55.9 Å². The first-order chi connectivity index (χ1) is 17.2. The molecule has 0 spiro atoms. The summed E-state index contributed by atoms with van der Waals surface area (Å²) < 4.78 is 5.46. The van der Waals surface area contributed by atoms with Crippen molar-refractivity contribution in [1.82, 2.24) is 29.8 Å². The van der Waals surface area contributed by atoms with Crippen LogP contribution in [0.25, 0.3) is 11.5 Å². The second-order valence-electron chi connectivity index (χ2n) is 8.78. The Balaban J connectivity index is 1.28. The third kappa shape index (κ3) is 5.21. The van der Waals surface area contributed by atoms with E-state index >= 15 is 0 Å². The van der Waals surface area contributed by atoms with E-state index in [1.807, 2.05) is 35.2 Å². The average molecular weight is 469 g/mol. The molecule has 1 aliphatic heterocycles. The summed E-state index contributed by atoms with van der Waals surface area (Å²) in [6, 6.07) is 11.6. The number of H-pyrrole nitrogens is 1. The molecule has 8 heteroatoms. The number of aromatic amines is 1. The monoisotopic (exact) mass is 468 g/mol. The predicted molar refractivity (Wildman–Crippen MR) is 132 cm³/mol. The van der Waals surface area contributed by atoms with Gasteiger partial charge in [-0.1, -0.05) is 18.2 Å². The van der Waals surface area contributed by atoms with Crippen molar-refractivity contribution in [3.05, 3.63) is 89.9 Å². The minimum Gasteiger partial charge on any atom is -0.496 e. The fraction of sp³-hybridized carbons (Fsp3) is 0.296. The molecular weight excluding hydrogens is 440 g/mol. The zero-order valence-corrected chi connectivity index (χ0v) is 19.7. The number of nitrogens with one attached hydrogen (secondary N) is 1. The Kier molecular flexibility index (Phi) is 6.79. The first kappa shape index (κ1) is 22.7. The maximum Gasteiger partial charge on any atom is 0.253 e. The summed E-state index contributed by atoms with van der Waals surface area (Å²) in [4.78, 5) is 36.4. The summed E-state index contributed by atoms with van der Waals surface area (Å²) in [5.41, 5.74) is 4.24. The number of likely N-dealkylation sites (tertiary alicyclic amines) is 1. The molecule has 0 radical (unpaired) electrons. The van der Waals surface area contributed by atoms with Crippen molar-refractivity contribution in [2.45, 2.75) is 25.7 Å². The van der Waals surface area contributed by atoms with Crippen LogP contribution in [0.15, 0.2) is 67.4 Å². The number of para-hydroxylation sites is 1. The van der Waals surface area contributed by atoms with Crippen molar-refractivity contribution in [2.75, 3.05) is 20.2 Å². The number of pyridine rings is 1. The van der Waals surface area contributed by atoms with E-state index in [0.29, 0.717) is 24.4 Å². The molecule has 35 heavy (non-hydrogen) atoms. The van der Waals surface area contributed by atoms with Crippen LogP contribution in [0.5, 0.6) is 5.75 Å². The van der Waals surface area contributed by atoms with Crippen molar-refractivity contribution in [1.29, 1.82) is 0 Å². The molecule has 1 aromatic carbocycles. The van der Waals surface area contributed by atoms with Crippen LogP contribution in [0.4, 0.5) is 0 Å². The Morgan fingerprint density at radius 1 is 1.09 bits per heavy atom. The molecule has 0 saturated carbocycles. The number of amides is 1. The number of imidazole rings is 1. The second-order valence-corrected chi connectivity index (χ2v) is 8.78. The minimum atomic E-state index is 0.0452. The molecule has 4 heterocycles. The molecule has 8 nitrogen and oxygen atoms in total. The van der Waals surface area contributed by atoms with Gasteiger partial charge < -0.3 is 14.6 Å². The smallest absolute Gasteiger partial charge is 0.253 e. The largest absolute Gasteiger partial charge is 0.496 e. The van der Waals surface area contributed by atoms with Gasteiger partial charge in [-0.25, -0.2) is 9.97 Å². The van der Waals surface area contributed by atoms with Crippen LogP contribution in [0.2, 0.25) is 0 Å². The summed E-state index contributed by atoms with van der Waals surface area (Å²) in [5.74, 6) is 1.90. The quantitative estimate of drug-likeness (QED) is 0.441. The van der Waals surface area contributed by atoms with Crippen molar-refractivity contribution < 1.29 is 9.53 Å². The van der Waals surface area contributed by atoms with Crippen molar-refractivity contribution >= 4 is 5.91 Å². The van der Waals surface area contributed by atoms with Gasteiger partial charge in [0, 0.05) is 67.3 Å². The molecule has 178 valence electrons. The molecule has 0 aliphatic carbocycles. The number of piperidine rings is 1. The number of nitrogens with zero attached hydrogens (tertiary/aromatic N) is 5. The van der Waals surface area contributed by atoms with Gasteiger partial charge >= 0.3 is 0 Å². The Labute approximate surface area is 204 Å². The number of hydrogen-bond donors (Lipinski definition) is 1. The molecule has 0 bridgehead atoms. The number of ether oxygens (including phenoxy) is 1. The van der Waals surface area contributed by atoms with Gasteiger partial charge in [-0.15, -0.1) is 0 Å². The SMILES string of the molecule is COc1ccccc1Cc1cc(C(=O)N2CCC[C@@H](Cc3nccnc3-c3ncc[nH]3)C2)ccn1. The lowest BCUT2D eigenvalue weighted by Crippen LogP contribution is -2.40. The van der Waals surface area contributed by atoms with E-state index in [-0.39, 0.29) is 5.91 Å². The maximum atomic E-state index is 13.4. The number of aromatic nitrogens is 5. The zero-order chi connectivity index (χ0) is 24.0. The summed E-state index contributed by atoms with van der Waals surface area (Å²) in [6.45, 7) is 1.45. The highest BCUT2D eigenvalue weighted by Gasteiger charge is 2.26. The minimum absolute atomic E-state index is 0.0452. The van der Waals surface area contributed by atoms with Crippen molar-refractivity contribution in [2.24, 2.45) is 5.92 Å². The molecule has 1 atom stereocenters. The fourth-order valence-electron chi connectivity index (χ4n) is 4.73. The van der Waals surface area contributed by atoms with E-state index in [9.17, 15) is 4.79 Å². The Bertz CT molecular complexity index is 1290. The number of methoxy groups -OCH3 is 1. The van der Waals surface area contributed by atoms with Crippen LogP contribution in [0.1, 0.15) is 40.2 Å². The topological polar surface area (TPSA) is 96.9 Å². The van der Waals surface area contributed by atoms with E-state index in [1.54, 1.807) is 44.2 Å². The van der Waals surface area contributed by atoms with Gasteiger partial charge in [-0.3, -0.25) is 14.8 Å². The van der Waals surface area contributed by atoms with Crippen LogP contribution in [-0.2, 0) is 12.8 Å². The summed E-state index contributed by atoms with van der Waals surface area (Å²) in [6.07, 6.45) is 12.0. The molecule has 1 aliphatic rings. The molecule has 1 N–H and O–H groups in total. The van der Waals surface area contributed by atoms with Crippen LogP contribution < -0.4 is 4.74 Å². The van der Waals surface area contributed by atoms with Gasteiger partial charge in [0.05, 0.1) is 12.8 Å². The molecular formula is C27H28N6O2. The van der Waals surface area contributed by atoms with Crippen LogP contribution in [0.3, 0.4) is 0 Å². The number of benzene rings is 1. The lowest BCUT2D eigenvalue weighted by molar-refractivity contribution is 0.0672. The average Bonchev–Trinajstić information content (AvgIpc) is 3.44. The molecule has 3 aromatic heterocycles. The van der Waals surface area contributed by atoms with Crippen LogP contribution >= 0.6 is 0 Å². The van der Waals surface area contributed by atoms with Gasteiger partial charge in [0.15, 0.2) is 5.82 Å². The normalized spacial score (nSPS) is 15.7. The van der Waals surface area contributed by atoms with Gasteiger partial charge in [-0.2, -0.15) is 0 Å². The highest BCUT2D eigenvalue weighted by atomic mass is 16.5. The number of hydrogen-bond acceptors (Lipinski definition) is 6. The Morgan fingerprint density at radius 2 is 1.97 bits per heavy atom. The summed E-state index contributed by atoms with van der Waals surface area (Å²) in [7, 11) is 1.66. The summed E-state index contributed by atoms with van der Waals surface area (Å²) in [5, 5.41) is 0. The Hall–Kier alpha value is -4.07.